The van der Waals surface area contributed by atoms with Gasteiger partial charge in [0, 0.05) is 5.39 Å². The Balaban J connectivity index is 2.31. The van der Waals surface area contributed by atoms with Crippen LogP contribution >= 0.6 is 0 Å². The molecule has 3 N–H and O–H groups in total. The van der Waals surface area contributed by atoms with Crippen molar-refractivity contribution < 1.29 is 0 Å². The van der Waals surface area contributed by atoms with Gasteiger partial charge in [0.15, 0.2) is 5.65 Å². The fraction of sp³-hybridized carbons (Fsp3) is 0.214. The SMILES string of the molecule is CNCc1nc(N)c2cc3ccc(C)cc3nc2n1. The number of fused-ring (bicyclic) bond motifs is 2. The van der Waals surface area contributed by atoms with Crippen LogP contribution in [0.1, 0.15) is 11.4 Å². The number of aromatic nitrogens is 3. The third-order valence-corrected chi connectivity index (χ3v) is 3.05. The van der Waals surface area contributed by atoms with Crippen molar-refractivity contribution in [2.24, 2.45) is 0 Å². The molecule has 3 aromatic rings. The van der Waals surface area contributed by atoms with Crippen LogP contribution in [0.4, 0.5) is 5.82 Å². The van der Waals surface area contributed by atoms with Gasteiger partial charge in [-0.1, -0.05) is 12.1 Å². The van der Waals surface area contributed by atoms with Gasteiger partial charge in [-0.3, -0.25) is 0 Å². The first kappa shape index (κ1) is 11.8. The van der Waals surface area contributed by atoms with E-state index in [1.807, 2.05) is 32.2 Å². The Labute approximate surface area is 110 Å². The number of rotatable bonds is 2. The van der Waals surface area contributed by atoms with E-state index in [-0.39, 0.29) is 0 Å². The predicted octanol–water partition coefficient (Wildman–Crippen LogP) is 1.79. The lowest BCUT2D eigenvalue weighted by Gasteiger charge is -2.06. The minimum absolute atomic E-state index is 0.477. The van der Waals surface area contributed by atoms with Gasteiger partial charge in [0.2, 0.25) is 0 Å². The Morgan fingerprint density at radius 3 is 2.79 bits per heavy atom. The van der Waals surface area contributed by atoms with Crippen molar-refractivity contribution in [3.05, 3.63) is 35.7 Å². The fourth-order valence-electron chi connectivity index (χ4n) is 2.12. The Morgan fingerprint density at radius 2 is 2.00 bits per heavy atom. The minimum atomic E-state index is 0.477. The topological polar surface area (TPSA) is 76.7 Å². The highest BCUT2D eigenvalue weighted by Crippen LogP contribution is 2.22. The molecule has 0 spiro atoms. The molecule has 19 heavy (non-hydrogen) atoms. The van der Waals surface area contributed by atoms with E-state index in [9.17, 15) is 0 Å². The van der Waals surface area contributed by atoms with Crippen LogP contribution in [0.15, 0.2) is 24.3 Å². The smallest absolute Gasteiger partial charge is 0.165 e. The van der Waals surface area contributed by atoms with Crippen LogP contribution in [0, 0.1) is 6.92 Å². The molecular formula is C14H15N5. The van der Waals surface area contributed by atoms with E-state index in [2.05, 4.69) is 26.3 Å². The number of hydrogen-bond acceptors (Lipinski definition) is 5. The zero-order valence-corrected chi connectivity index (χ0v) is 10.9. The number of hydrogen-bond donors (Lipinski definition) is 2. The number of nitrogens with two attached hydrogens (primary N) is 1. The molecule has 0 amide bonds. The number of nitrogens with one attached hydrogen (secondary N) is 1. The van der Waals surface area contributed by atoms with E-state index >= 15 is 0 Å². The van der Waals surface area contributed by atoms with E-state index in [0.29, 0.717) is 23.8 Å². The van der Waals surface area contributed by atoms with Gasteiger partial charge in [-0.05, 0) is 31.7 Å². The Hall–Kier alpha value is -2.27. The summed E-state index contributed by atoms with van der Waals surface area (Å²) in [6.45, 7) is 2.62. The number of benzene rings is 1. The summed E-state index contributed by atoms with van der Waals surface area (Å²) >= 11 is 0. The summed E-state index contributed by atoms with van der Waals surface area (Å²) in [5.41, 5.74) is 8.75. The first-order valence-corrected chi connectivity index (χ1v) is 6.15. The second-order valence-corrected chi connectivity index (χ2v) is 4.61. The molecule has 0 unspecified atom stereocenters. The van der Waals surface area contributed by atoms with Crippen molar-refractivity contribution in [2.75, 3.05) is 12.8 Å². The van der Waals surface area contributed by atoms with Gasteiger partial charge >= 0.3 is 0 Å². The van der Waals surface area contributed by atoms with Crippen molar-refractivity contribution >= 4 is 27.8 Å². The minimum Gasteiger partial charge on any atom is -0.383 e. The molecular weight excluding hydrogens is 238 g/mol. The second kappa shape index (κ2) is 4.44. The summed E-state index contributed by atoms with van der Waals surface area (Å²) < 4.78 is 0. The van der Waals surface area contributed by atoms with Crippen LogP contribution in [0.3, 0.4) is 0 Å². The molecule has 0 aliphatic carbocycles. The van der Waals surface area contributed by atoms with Gasteiger partial charge in [-0.15, -0.1) is 0 Å². The molecule has 2 aromatic heterocycles. The van der Waals surface area contributed by atoms with Crippen LogP contribution < -0.4 is 11.1 Å². The summed E-state index contributed by atoms with van der Waals surface area (Å²) in [5.74, 6) is 1.14. The number of anilines is 1. The second-order valence-electron chi connectivity index (χ2n) is 4.61. The van der Waals surface area contributed by atoms with Gasteiger partial charge in [0.1, 0.15) is 11.6 Å². The van der Waals surface area contributed by atoms with Crippen LogP contribution in [0.25, 0.3) is 21.9 Å². The van der Waals surface area contributed by atoms with Gasteiger partial charge in [0.05, 0.1) is 17.4 Å². The maximum absolute atomic E-state index is 5.99. The number of pyridine rings is 1. The molecule has 2 heterocycles. The maximum Gasteiger partial charge on any atom is 0.165 e. The van der Waals surface area contributed by atoms with E-state index in [1.54, 1.807) is 0 Å². The van der Waals surface area contributed by atoms with Crippen molar-refractivity contribution in [3.8, 4) is 0 Å². The molecule has 0 radical (unpaired) electrons. The molecule has 0 aliphatic heterocycles. The lowest BCUT2D eigenvalue weighted by molar-refractivity contribution is 0.765. The van der Waals surface area contributed by atoms with E-state index in [0.717, 1.165) is 16.3 Å². The highest BCUT2D eigenvalue weighted by atomic mass is 15.0. The third-order valence-electron chi connectivity index (χ3n) is 3.05. The summed E-state index contributed by atoms with van der Waals surface area (Å²) in [7, 11) is 1.85. The zero-order valence-electron chi connectivity index (χ0n) is 10.9. The number of nitrogen functional groups attached to an aromatic ring is 1. The molecule has 5 nitrogen and oxygen atoms in total. The first-order chi connectivity index (χ1) is 9.17. The van der Waals surface area contributed by atoms with Crippen molar-refractivity contribution in [2.45, 2.75) is 13.5 Å². The molecule has 0 atom stereocenters. The van der Waals surface area contributed by atoms with E-state index in [4.69, 9.17) is 5.73 Å². The van der Waals surface area contributed by atoms with Gasteiger partial charge in [0.25, 0.3) is 0 Å². The molecule has 3 rings (SSSR count). The highest BCUT2D eigenvalue weighted by Gasteiger charge is 2.08. The molecule has 1 aromatic carbocycles. The molecule has 0 saturated carbocycles. The predicted molar refractivity (Wildman–Crippen MR) is 76.8 cm³/mol. The maximum atomic E-state index is 5.99. The average molecular weight is 253 g/mol. The van der Waals surface area contributed by atoms with Gasteiger partial charge in [-0.25, -0.2) is 15.0 Å². The largest absolute Gasteiger partial charge is 0.383 e. The third kappa shape index (κ3) is 2.08. The Morgan fingerprint density at radius 1 is 1.16 bits per heavy atom. The summed E-state index contributed by atoms with van der Waals surface area (Å²) in [6, 6.07) is 8.14. The van der Waals surface area contributed by atoms with Crippen molar-refractivity contribution in [1.29, 1.82) is 0 Å². The molecule has 0 fully saturated rings. The quantitative estimate of drug-likeness (QED) is 0.681. The monoisotopic (exact) mass is 253 g/mol. The molecule has 0 bridgehead atoms. The molecule has 0 saturated heterocycles. The van der Waals surface area contributed by atoms with Gasteiger partial charge < -0.3 is 11.1 Å². The first-order valence-electron chi connectivity index (χ1n) is 6.15. The van der Waals surface area contributed by atoms with Crippen LogP contribution in [0.2, 0.25) is 0 Å². The summed E-state index contributed by atoms with van der Waals surface area (Å²) in [4.78, 5) is 13.3. The van der Waals surface area contributed by atoms with Gasteiger partial charge in [-0.2, -0.15) is 0 Å². The molecule has 0 aliphatic rings. The lowest BCUT2D eigenvalue weighted by atomic mass is 10.1. The highest BCUT2D eigenvalue weighted by molar-refractivity contribution is 5.95. The summed E-state index contributed by atoms with van der Waals surface area (Å²) in [5, 5.41) is 4.87. The van der Waals surface area contributed by atoms with E-state index < -0.39 is 0 Å². The van der Waals surface area contributed by atoms with E-state index in [1.165, 1.54) is 5.56 Å². The van der Waals surface area contributed by atoms with Crippen molar-refractivity contribution in [3.63, 3.8) is 0 Å². The van der Waals surface area contributed by atoms with Crippen LogP contribution in [-0.2, 0) is 6.54 Å². The zero-order chi connectivity index (χ0) is 13.4. The lowest BCUT2D eigenvalue weighted by Crippen LogP contribution is -2.11. The Bertz CT molecular complexity index is 766. The van der Waals surface area contributed by atoms with Crippen LogP contribution in [0.5, 0.6) is 0 Å². The van der Waals surface area contributed by atoms with Crippen molar-refractivity contribution in [1.82, 2.24) is 20.3 Å². The average Bonchev–Trinajstić information content (AvgIpc) is 2.37. The summed E-state index contributed by atoms with van der Waals surface area (Å²) in [6.07, 6.45) is 0. The number of nitrogens with zero attached hydrogens (tertiary/aromatic N) is 3. The normalized spacial score (nSPS) is 11.3. The molecule has 96 valence electrons. The van der Waals surface area contributed by atoms with Crippen LogP contribution in [-0.4, -0.2) is 22.0 Å². The standard InChI is InChI=1S/C14H15N5/c1-8-3-4-9-6-10-13(15)18-12(7-16-2)19-14(10)17-11(9)5-8/h3-6,16H,7H2,1-2H3,(H2,15,17,18,19). The Kier molecular flexibility index (Phi) is 2.76. The number of aryl methyl sites for hydroxylation is 1. The fourth-order valence-corrected chi connectivity index (χ4v) is 2.12. The molecule has 5 heteroatoms.